The summed E-state index contributed by atoms with van der Waals surface area (Å²) in [6.07, 6.45) is -5.29. The standard InChI is InChI=1S/C17H12F4N2O5/c18-11-3-1-2-10(6-11)7-16(25)28-9-15(24)22-14-5-4-12(23(26)27)8-13(14)17(19,20)21/h1-6,8H,7,9H2,(H,22,24). The first-order valence-corrected chi connectivity index (χ1v) is 7.62. The van der Waals surface area contributed by atoms with Crippen LogP contribution in [0.5, 0.6) is 0 Å². The van der Waals surface area contributed by atoms with E-state index in [9.17, 15) is 37.3 Å². The molecule has 0 fully saturated rings. The number of anilines is 1. The highest BCUT2D eigenvalue weighted by molar-refractivity contribution is 5.93. The minimum atomic E-state index is -4.96. The fourth-order valence-corrected chi connectivity index (χ4v) is 2.19. The van der Waals surface area contributed by atoms with Gasteiger partial charge in [0, 0.05) is 12.1 Å². The second kappa shape index (κ2) is 8.46. The maximum Gasteiger partial charge on any atom is 0.418 e. The minimum absolute atomic E-state index is 0.283. The van der Waals surface area contributed by atoms with Crippen LogP contribution in [0.1, 0.15) is 11.1 Å². The Balaban J connectivity index is 2.00. The molecule has 0 radical (unpaired) electrons. The van der Waals surface area contributed by atoms with Crippen molar-refractivity contribution in [2.45, 2.75) is 12.6 Å². The first-order chi connectivity index (χ1) is 13.1. The normalized spacial score (nSPS) is 11.0. The van der Waals surface area contributed by atoms with E-state index in [0.717, 1.165) is 18.2 Å². The van der Waals surface area contributed by atoms with Gasteiger partial charge < -0.3 is 10.1 Å². The second-order valence-electron chi connectivity index (χ2n) is 5.50. The zero-order valence-corrected chi connectivity index (χ0v) is 14.0. The van der Waals surface area contributed by atoms with E-state index >= 15 is 0 Å². The van der Waals surface area contributed by atoms with E-state index in [-0.39, 0.29) is 12.5 Å². The Morgan fingerprint density at radius 2 is 1.86 bits per heavy atom. The topological polar surface area (TPSA) is 98.5 Å². The van der Waals surface area contributed by atoms with Gasteiger partial charge >= 0.3 is 12.1 Å². The van der Waals surface area contributed by atoms with Gasteiger partial charge in [-0.2, -0.15) is 13.2 Å². The number of hydrogen-bond acceptors (Lipinski definition) is 5. The summed E-state index contributed by atoms with van der Waals surface area (Å²) in [5.74, 6) is -2.53. The van der Waals surface area contributed by atoms with Gasteiger partial charge in [-0.1, -0.05) is 12.1 Å². The number of rotatable bonds is 6. The maximum atomic E-state index is 13.0. The van der Waals surface area contributed by atoms with E-state index in [4.69, 9.17) is 0 Å². The summed E-state index contributed by atoms with van der Waals surface area (Å²) in [5.41, 5.74) is -2.64. The smallest absolute Gasteiger partial charge is 0.418 e. The Morgan fingerprint density at radius 3 is 2.46 bits per heavy atom. The lowest BCUT2D eigenvalue weighted by atomic mass is 10.1. The third kappa shape index (κ3) is 5.76. The Kier molecular flexibility index (Phi) is 6.29. The van der Waals surface area contributed by atoms with Crippen LogP contribution in [-0.2, 0) is 26.9 Å². The fourth-order valence-electron chi connectivity index (χ4n) is 2.19. The number of nitrogens with zero attached hydrogens (tertiary/aromatic N) is 1. The predicted molar refractivity (Wildman–Crippen MR) is 87.8 cm³/mol. The van der Waals surface area contributed by atoms with Crippen molar-refractivity contribution in [3.8, 4) is 0 Å². The van der Waals surface area contributed by atoms with Crippen molar-refractivity contribution in [3.63, 3.8) is 0 Å². The van der Waals surface area contributed by atoms with Crippen molar-refractivity contribution < 1.29 is 36.8 Å². The summed E-state index contributed by atoms with van der Waals surface area (Å²) >= 11 is 0. The summed E-state index contributed by atoms with van der Waals surface area (Å²) in [7, 11) is 0. The number of nitro benzene ring substituents is 1. The molecule has 0 aliphatic rings. The lowest BCUT2D eigenvalue weighted by Gasteiger charge is -2.13. The number of esters is 1. The fraction of sp³-hybridized carbons (Fsp3) is 0.176. The number of carbonyl (C=O) groups is 2. The number of amides is 1. The molecule has 0 bridgehead atoms. The largest absolute Gasteiger partial charge is 0.455 e. The molecule has 0 aliphatic carbocycles. The van der Waals surface area contributed by atoms with Crippen LogP contribution in [0.15, 0.2) is 42.5 Å². The molecule has 0 aromatic heterocycles. The molecule has 28 heavy (non-hydrogen) atoms. The Hall–Kier alpha value is -3.50. The molecule has 1 amide bonds. The summed E-state index contributed by atoms with van der Waals surface area (Å²) in [5, 5.41) is 12.5. The van der Waals surface area contributed by atoms with Gasteiger partial charge in [0.15, 0.2) is 6.61 Å². The Bertz CT molecular complexity index is 915. The molecule has 11 heteroatoms. The van der Waals surface area contributed by atoms with Crippen molar-refractivity contribution in [2.75, 3.05) is 11.9 Å². The molecule has 0 spiro atoms. The molecule has 0 aliphatic heterocycles. The van der Waals surface area contributed by atoms with Gasteiger partial charge in [-0.15, -0.1) is 0 Å². The van der Waals surface area contributed by atoms with Gasteiger partial charge in [0.1, 0.15) is 5.82 Å². The average Bonchev–Trinajstić information content (AvgIpc) is 2.59. The highest BCUT2D eigenvalue weighted by Crippen LogP contribution is 2.37. The molecular formula is C17H12F4N2O5. The van der Waals surface area contributed by atoms with Crippen LogP contribution >= 0.6 is 0 Å². The maximum absolute atomic E-state index is 13.0. The number of halogens is 4. The lowest BCUT2D eigenvalue weighted by Crippen LogP contribution is -2.23. The van der Waals surface area contributed by atoms with Crippen molar-refractivity contribution in [3.05, 3.63) is 69.5 Å². The molecule has 148 valence electrons. The number of nitrogens with one attached hydrogen (secondary N) is 1. The van der Waals surface area contributed by atoms with Crippen molar-refractivity contribution in [1.82, 2.24) is 0 Å². The van der Waals surface area contributed by atoms with E-state index in [1.807, 2.05) is 5.32 Å². The van der Waals surface area contributed by atoms with Crippen LogP contribution in [0.3, 0.4) is 0 Å². The van der Waals surface area contributed by atoms with Crippen LogP contribution in [0.25, 0.3) is 0 Å². The summed E-state index contributed by atoms with van der Waals surface area (Å²) in [6, 6.07) is 6.90. The highest BCUT2D eigenvalue weighted by atomic mass is 19.4. The van der Waals surface area contributed by atoms with Crippen LogP contribution in [0.4, 0.5) is 28.9 Å². The monoisotopic (exact) mass is 400 g/mol. The van der Waals surface area contributed by atoms with Crippen LogP contribution in [-0.4, -0.2) is 23.4 Å². The number of nitro groups is 1. The second-order valence-corrected chi connectivity index (χ2v) is 5.50. The number of carbonyl (C=O) groups excluding carboxylic acids is 2. The van der Waals surface area contributed by atoms with Crippen molar-refractivity contribution in [1.29, 1.82) is 0 Å². The number of hydrogen-bond donors (Lipinski definition) is 1. The molecule has 0 atom stereocenters. The van der Waals surface area contributed by atoms with Gasteiger partial charge in [-0.25, -0.2) is 4.39 Å². The van der Waals surface area contributed by atoms with Crippen molar-refractivity contribution in [2.24, 2.45) is 0 Å². The SMILES string of the molecule is O=C(COC(=O)Cc1cccc(F)c1)Nc1ccc([N+](=O)[O-])cc1C(F)(F)F. The van der Waals surface area contributed by atoms with Crippen LogP contribution in [0.2, 0.25) is 0 Å². The molecule has 0 saturated carbocycles. The molecule has 2 rings (SSSR count). The predicted octanol–water partition coefficient (Wildman–Crippen LogP) is 3.48. The first kappa shape index (κ1) is 20.8. The molecule has 2 aromatic carbocycles. The summed E-state index contributed by atoms with van der Waals surface area (Å²) in [6.45, 7) is -0.886. The van der Waals surface area contributed by atoms with E-state index < -0.39 is 52.3 Å². The van der Waals surface area contributed by atoms with Gasteiger partial charge in [0.25, 0.3) is 11.6 Å². The Morgan fingerprint density at radius 1 is 1.14 bits per heavy atom. The molecule has 1 N–H and O–H groups in total. The van der Waals surface area contributed by atoms with E-state index in [1.54, 1.807) is 0 Å². The van der Waals surface area contributed by atoms with E-state index in [1.165, 1.54) is 18.2 Å². The third-order valence-corrected chi connectivity index (χ3v) is 3.40. The molecule has 2 aromatic rings. The Labute approximate surface area is 155 Å². The number of alkyl halides is 3. The van der Waals surface area contributed by atoms with Crippen LogP contribution in [0, 0.1) is 15.9 Å². The van der Waals surface area contributed by atoms with Crippen molar-refractivity contribution >= 4 is 23.3 Å². The van der Waals surface area contributed by atoms with Gasteiger partial charge in [0.05, 0.1) is 22.6 Å². The number of benzene rings is 2. The summed E-state index contributed by atoms with van der Waals surface area (Å²) in [4.78, 5) is 33.0. The van der Waals surface area contributed by atoms with Gasteiger partial charge in [0.2, 0.25) is 0 Å². The zero-order valence-electron chi connectivity index (χ0n) is 14.0. The minimum Gasteiger partial charge on any atom is -0.455 e. The number of non-ortho nitro benzene ring substituents is 1. The third-order valence-electron chi connectivity index (χ3n) is 3.40. The average molecular weight is 400 g/mol. The number of ether oxygens (including phenoxy) is 1. The van der Waals surface area contributed by atoms with E-state index in [2.05, 4.69) is 4.74 Å². The highest BCUT2D eigenvalue weighted by Gasteiger charge is 2.35. The molecule has 0 heterocycles. The molecule has 0 saturated heterocycles. The quantitative estimate of drug-likeness (QED) is 0.347. The first-order valence-electron chi connectivity index (χ1n) is 7.62. The van der Waals surface area contributed by atoms with E-state index in [0.29, 0.717) is 5.56 Å². The van der Waals surface area contributed by atoms with Gasteiger partial charge in [-0.05, 0) is 23.8 Å². The van der Waals surface area contributed by atoms with Crippen LogP contribution < -0.4 is 5.32 Å². The lowest BCUT2D eigenvalue weighted by molar-refractivity contribution is -0.385. The summed E-state index contributed by atoms with van der Waals surface area (Å²) < 4.78 is 56.8. The molecular weight excluding hydrogens is 388 g/mol. The zero-order chi connectivity index (χ0) is 20.9. The molecule has 0 unspecified atom stereocenters. The molecule has 7 nitrogen and oxygen atoms in total. The van der Waals surface area contributed by atoms with Gasteiger partial charge in [-0.3, -0.25) is 19.7 Å².